The van der Waals surface area contributed by atoms with Crippen molar-refractivity contribution in [3.63, 3.8) is 0 Å². The summed E-state index contributed by atoms with van der Waals surface area (Å²) in [6.07, 6.45) is -3.60. The number of alkyl halides is 3. The predicted molar refractivity (Wildman–Crippen MR) is 76.0 cm³/mol. The highest BCUT2D eigenvalue weighted by molar-refractivity contribution is 5.73. The van der Waals surface area contributed by atoms with Gasteiger partial charge >= 0.3 is 12.1 Å². The number of nitrogens with zero attached hydrogens (tertiary/aromatic N) is 3. The molecule has 7 nitrogen and oxygen atoms in total. The van der Waals surface area contributed by atoms with E-state index >= 15 is 0 Å². The maximum Gasteiger partial charge on any atom is 0.490 e. The van der Waals surface area contributed by atoms with Crippen molar-refractivity contribution in [1.82, 2.24) is 4.90 Å². The van der Waals surface area contributed by atoms with E-state index in [-0.39, 0.29) is 18.1 Å². The third-order valence-electron chi connectivity index (χ3n) is 3.45. The van der Waals surface area contributed by atoms with Gasteiger partial charge in [0.2, 0.25) is 0 Å². The van der Waals surface area contributed by atoms with Crippen molar-refractivity contribution in [2.24, 2.45) is 11.8 Å². The third-order valence-corrected chi connectivity index (χ3v) is 3.45. The number of carboxylic acids is 1. The van der Waals surface area contributed by atoms with Crippen LogP contribution in [0, 0.1) is 22.5 Å². The molecule has 1 fully saturated rings. The van der Waals surface area contributed by atoms with Crippen LogP contribution in [0.3, 0.4) is 0 Å². The minimum Gasteiger partial charge on any atom is -0.611 e. The van der Waals surface area contributed by atoms with Crippen LogP contribution in [-0.4, -0.2) is 52.2 Å². The van der Waals surface area contributed by atoms with Gasteiger partial charge in [-0.05, 0) is 12.8 Å². The number of aliphatic carboxylic acids is 1. The molecule has 0 bridgehead atoms. The largest absolute Gasteiger partial charge is 0.611 e. The Morgan fingerprint density at radius 1 is 1.52 bits per heavy atom. The summed E-state index contributed by atoms with van der Waals surface area (Å²) in [5.74, 6) is 3.29. The lowest BCUT2D eigenvalue weighted by Crippen LogP contribution is -2.63. The fraction of sp³-hybridized carbons (Fsp3) is 0.846. The smallest absolute Gasteiger partial charge is 0.490 e. The van der Waals surface area contributed by atoms with Crippen LogP contribution >= 0.6 is 0 Å². The van der Waals surface area contributed by atoms with Gasteiger partial charge in [-0.25, -0.2) is 9.69 Å². The maximum absolute atomic E-state index is 12.2. The summed E-state index contributed by atoms with van der Waals surface area (Å²) in [6, 6.07) is 2.10. The van der Waals surface area contributed by atoms with Crippen LogP contribution in [0.1, 0.15) is 33.6 Å². The van der Waals surface area contributed by atoms with Crippen molar-refractivity contribution in [3.05, 3.63) is 5.21 Å². The Hall–Kier alpha value is -1.41. The maximum atomic E-state index is 12.2. The molecule has 1 saturated heterocycles. The number of hydrogen-bond donors (Lipinski definition) is 2. The molecule has 0 saturated carbocycles. The summed E-state index contributed by atoms with van der Waals surface area (Å²) in [5.41, 5.74) is 0. The highest BCUT2D eigenvalue weighted by atomic mass is 19.4. The second-order valence-corrected chi connectivity index (χ2v) is 5.89. The Morgan fingerprint density at radius 3 is 2.35 bits per heavy atom. The van der Waals surface area contributed by atoms with Gasteiger partial charge in [0.15, 0.2) is 6.17 Å². The number of likely N-dealkylation sites (tertiary alicyclic amines) is 1. The van der Waals surface area contributed by atoms with Crippen LogP contribution in [-0.2, 0) is 4.79 Å². The number of nitriles is 1. The lowest BCUT2D eigenvalue weighted by Gasteiger charge is -2.46. The zero-order valence-electron chi connectivity index (χ0n) is 13.4. The number of halogens is 3. The van der Waals surface area contributed by atoms with Crippen molar-refractivity contribution in [2.45, 2.75) is 52.0 Å². The molecule has 1 aliphatic heterocycles. The molecule has 23 heavy (non-hydrogen) atoms. The zero-order chi connectivity index (χ0) is 18.4. The molecule has 0 aromatic heterocycles. The van der Waals surface area contributed by atoms with Crippen LogP contribution in [0.15, 0.2) is 0 Å². The first-order valence-electron chi connectivity index (χ1n) is 7.15. The number of carboxylic acid groups (broad SMARTS) is 1. The van der Waals surface area contributed by atoms with Gasteiger partial charge in [-0.3, -0.25) is 4.76 Å². The molecular weight excluding hydrogens is 317 g/mol. The summed E-state index contributed by atoms with van der Waals surface area (Å²) in [4.78, 5) is 10.8. The highest BCUT2D eigenvalue weighted by Crippen LogP contribution is 2.23. The van der Waals surface area contributed by atoms with Crippen LogP contribution in [0.25, 0.3) is 0 Å². The molecule has 0 spiro atoms. The van der Waals surface area contributed by atoms with Gasteiger partial charge < -0.3 is 10.3 Å². The highest BCUT2D eigenvalue weighted by Gasteiger charge is 2.38. The first-order chi connectivity index (χ1) is 10.3. The summed E-state index contributed by atoms with van der Waals surface area (Å²) in [7, 11) is 0. The molecule has 1 rings (SSSR count). The average molecular weight is 340 g/mol. The molecule has 1 heterocycles. The van der Waals surface area contributed by atoms with Gasteiger partial charge in [-0.15, -0.1) is 0 Å². The zero-order valence-corrected chi connectivity index (χ0v) is 13.4. The lowest BCUT2D eigenvalue weighted by atomic mass is 10.2. The number of quaternary nitrogens is 1. The number of hydroxylamine groups is 2. The minimum absolute atomic E-state index is 0.142. The van der Waals surface area contributed by atoms with E-state index in [9.17, 15) is 18.4 Å². The Morgan fingerprint density at radius 2 is 2.00 bits per heavy atom. The summed E-state index contributed by atoms with van der Waals surface area (Å²) in [6.45, 7) is 6.98. The predicted octanol–water partition coefficient (Wildman–Crippen LogP) is 1.80. The summed E-state index contributed by atoms with van der Waals surface area (Å²) >= 11 is 0. The first kappa shape index (κ1) is 21.6. The van der Waals surface area contributed by atoms with E-state index in [1.807, 2.05) is 25.7 Å². The van der Waals surface area contributed by atoms with E-state index in [1.54, 1.807) is 0 Å². The average Bonchev–Trinajstić information content (AvgIpc) is 2.83. The van der Waals surface area contributed by atoms with Crippen LogP contribution in [0.5, 0.6) is 0 Å². The van der Waals surface area contributed by atoms with E-state index in [4.69, 9.17) is 21.0 Å². The van der Waals surface area contributed by atoms with E-state index < -0.39 is 16.9 Å². The van der Waals surface area contributed by atoms with Crippen LogP contribution in [0.2, 0.25) is 0 Å². The summed E-state index contributed by atoms with van der Waals surface area (Å²) in [5, 5.41) is 28.3. The van der Waals surface area contributed by atoms with Gasteiger partial charge in [-0.1, -0.05) is 13.8 Å². The normalized spacial score (nSPS) is 22.7. The molecule has 0 amide bonds. The SMILES string of the molecule is CC(C)C[N+](N)([O-])C(C)N1CCCC1C#N.O=C(O)C(F)(F)F. The molecule has 134 valence electrons. The molecule has 3 N–H and O–H groups in total. The fourth-order valence-electron chi connectivity index (χ4n) is 2.35. The monoisotopic (exact) mass is 340 g/mol. The van der Waals surface area contributed by atoms with Crippen molar-refractivity contribution in [2.75, 3.05) is 13.1 Å². The molecule has 3 unspecified atom stereocenters. The van der Waals surface area contributed by atoms with E-state index in [2.05, 4.69) is 6.07 Å². The first-order valence-corrected chi connectivity index (χ1v) is 7.15. The third kappa shape index (κ3) is 7.13. The van der Waals surface area contributed by atoms with Gasteiger partial charge in [-0.2, -0.15) is 24.3 Å². The molecule has 0 aliphatic carbocycles. The van der Waals surface area contributed by atoms with Gasteiger partial charge in [0.1, 0.15) is 6.04 Å². The van der Waals surface area contributed by atoms with Gasteiger partial charge in [0.25, 0.3) is 0 Å². The van der Waals surface area contributed by atoms with E-state index in [0.29, 0.717) is 6.54 Å². The van der Waals surface area contributed by atoms with Crippen molar-refractivity contribution in [3.8, 4) is 6.07 Å². The standard InChI is InChI=1S/C11H22N4O.C2HF3O2/c1-9(2)8-15(13,16)10(3)14-6-4-5-11(14)7-12;3-2(4,5)1(6)7/h9-11H,4-6,8,13H2,1-3H3;(H,6,7). The molecule has 10 heteroatoms. The topological polar surface area (TPSA) is 113 Å². The van der Waals surface area contributed by atoms with Crippen molar-refractivity contribution >= 4 is 5.97 Å². The Balaban J connectivity index is 0.000000585. The quantitative estimate of drug-likeness (QED) is 0.458. The lowest BCUT2D eigenvalue weighted by molar-refractivity contribution is -0.929. The number of rotatable bonds is 4. The molecule has 0 aromatic carbocycles. The molecule has 3 atom stereocenters. The number of carbonyl (C=O) groups is 1. The van der Waals surface area contributed by atoms with E-state index in [0.717, 1.165) is 19.4 Å². The molecule has 1 aliphatic rings. The Kier molecular flexibility index (Phi) is 7.93. The second kappa shape index (κ2) is 8.44. The Bertz CT molecular complexity index is 435. The van der Waals surface area contributed by atoms with Crippen LogP contribution in [0.4, 0.5) is 13.2 Å². The molecule has 0 radical (unpaired) electrons. The second-order valence-electron chi connectivity index (χ2n) is 5.89. The summed E-state index contributed by atoms with van der Waals surface area (Å²) < 4.78 is 31.0. The molecular formula is C13H23F3N4O3. The number of hydrogen-bond acceptors (Lipinski definition) is 5. The minimum atomic E-state index is -5.08. The van der Waals surface area contributed by atoms with Crippen molar-refractivity contribution in [1.29, 1.82) is 5.26 Å². The van der Waals surface area contributed by atoms with E-state index in [1.165, 1.54) is 0 Å². The van der Waals surface area contributed by atoms with Gasteiger partial charge in [0, 0.05) is 19.4 Å². The van der Waals surface area contributed by atoms with Crippen molar-refractivity contribution < 1.29 is 27.8 Å². The van der Waals surface area contributed by atoms with Crippen LogP contribution < -0.4 is 5.84 Å². The fourth-order valence-corrected chi connectivity index (χ4v) is 2.35. The number of nitrogens with two attached hydrogens (primary N) is 1. The van der Waals surface area contributed by atoms with Gasteiger partial charge in [0.05, 0.1) is 12.6 Å². The molecule has 0 aromatic rings. The Labute approximate surface area is 133 Å².